The number of ether oxygens (including phenoxy) is 1. The van der Waals surface area contributed by atoms with E-state index >= 15 is 0 Å². The maximum atomic E-state index is 12.7. The first-order valence-corrected chi connectivity index (χ1v) is 8.63. The molecule has 1 amide bonds. The molecule has 0 bridgehead atoms. The number of amides is 1. The van der Waals surface area contributed by atoms with E-state index in [0.717, 1.165) is 16.5 Å². The van der Waals surface area contributed by atoms with Gasteiger partial charge in [-0.15, -0.1) is 0 Å². The molecule has 5 nitrogen and oxygen atoms in total. The fourth-order valence-corrected chi connectivity index (χ4v) is 3.13. The highest BCUT2D eigenvalue weighted by Crippen LogP contribution is 2.32. The number of nitrogens with one attached hydrogen (secondary N) is 1. The maximum absolute atomic E-state index is 12.7. The Balaban J connectivity index is 1.66. The third-order valence-corrected chi connectivity index (χ3v) is 4.56. The van der Waals surface area contributed by atoms with Crippen LogP contribution in [0.3, 0.4) is 0 Å². The molecule has 0 aliphatic carbocycles. The molecular formula is C20H17F2N3O2. The second kappa shape index (κ2) is 7.26. The lowest BCUT2D eigenvalue weighted by Crippen LogP contribution is -2.16. The first-order chi connectivity index (χ1) is 13.1. The van der Waals surface area contributed by atoms with E-state index in [9.17, 15) is 13.6 Å². The van der Waals surface area contributed by atoms with E-state index in [-0.39, 0.29) is 17.5 Å². The van der Waals surface area contributed by atoms with Gasteiger partial charge in [-0.1, -0.05) is 6.07 Å². The second-order valence-corrected chi connectivity index (χ2v) is 6.50. The summed E-state index contributed by atoms with van der Waals surface area (Å²) in [5, 5.41) is 3.65. The number of hydrogen-bond acceptors (Lipinski definition) is 4. The average molecular weight is 369 g/mol. The van der Waals surface area contributed by atoms with E-state index in [4.69, 9.17) is 4.74 Å². The van der Waals surface area contributed by atoms with Gasteiger partial charge in [0.2, 0.25) is 5.91 Å². The highest BCUT2D eigenvalue weighted by atomic mass is 19.3. The minimum Gasteiger partial charge on any atom is -0.492 e. The number of pyridine rings is 2. The predicted octanol–water partition coefficient (Wildman–Crippen LogP) is 3.75. The topological polar surface area (TPSA) is 64.1 Å². The van der Waals surface area contributed by atoms with E-state index in [1.807, 2.05) is 24.3 Å². The Kier molecular flexibility index (Phi) is 4.66. The summed E-state index contributed by atoms with van der Waals surface area (Å²) < 4.78 is 31.5. The molecule has 1 aliphatic heterocycles. The van der Waals surface area contributed by atoms with Crippen molar-refractivity contribution in [3.8, 4) is 16.9 Å². The standard InChI is InChI=1S/C20H17F2N3O2/c21-20(22)16-4-3-13(10-24-16)14-7-17-15(2-1-5-23-17)18(8-14)27-11-12-6-19(26)25-9-12/h1-5,7-8,10,12,20H,6,9,11H2,(H,25,26)/t12-/m1/s1. The summed E-state index contributed by atoms with van der Waals surface area (Å²) in [5.41, 5.74) is 1.97. The van der Waals surface area contributed by atoms with Crippen molar-refractivity contribution in [2.45, 2.75) is 12.8 Å². The summed E-state index contributed by atoms with van der Waals surface area (Å²) in [6.07, 6.45) is 0.969. The molecule has 138 valence electrons. The highest BCUT2D eigenvalue weighted by molar-refractivity contribution is 5.90. The molecule has 1 aliphatic rings. The van der Waals surface area contributed by atoms with Crippen molar-refractivity contribution in [1.82, 2.24) is 15.3 Å². The highest BCUT2D eigenvalue weighted by Gasteiger charge is 2.22. The lowest BCUT2D eigenvalue weighted by molar-refractivity contribution is -0.119. The molecule has 4 rings (SSSR count). The number of halogens is 2. The molecule has 1 aromatic carbocycles. The number of rotatable bonds is 5. The summed E-state index contributed by atoms with van der Waals surface area (Å²) >= 11 is 0. The molecule has 0 radical (unpaired) electrons. The monoisotopic (exact) mass is 369 g/mol. The number of benzene rings is 1. The zero-order chi connectivity index (χ0) is 18.8. The molecule has 1 fully saturated rings. The Morgan fingerprint density at radius 3 is 2.78 bits per heavy atom. The van der Waals surface area contributed by atoms with Crippen LogP contribution in [0, 0.1) is 5.92 Å². The summed E-state index contributed by atoms with van der Waals surface area (Å²) in [5.74, 6) is 0.807. The lowest BCUT2D eigenvalue weighted by atomic mass is 10.0. The second-order valence-electron chi connectivity index (χ2n) is 6.50. The molecule has 0 saturated carbocycles. The van der Waals surface area contributed by atoms with Crippen LogP contribution in [0.2, 0.25) is 0 Å². The Hall–Kier alpha value is -3.09. The minimum atomic E-state index is -2.60. The maximum Gasteiger partial charge on any atom is 0.280 e. The van der Waals surface area contributed by atoms with Crippen LogP contribution in [0.4, 0.5) is 8.78 Å². The van der Waals surface area contributed by atoms with Crippen LogP contribution in [0.5, 0.6) is 5.75 Å². The van der Waals surface area contributed by atoms with Crippen LogP contribution < -0.4 is 10.1 Å². The zero-order valence-corrected chi connectivity index (χ0v) is 14.4. The third kappa shape index (κ3) is 3.72. The Morgan fingerprint density at radius 2 is 2.07 bits per heavy atom. The van der Waals surface area contributed by atoms with Crippen LogP contribution >= 0.6 is 0 Å². The molecule has 0 unspecified atom stereocenters. The van der Waals surface area contributed by atoms with Crippen molar-refractivity contribution < 1.29 is 18.3 Å². The fourth-order valence-electron chi connectivity index (χ4n) is 3.13. The normalized spacial score (nSPS) is 16.7. The van der Waals surface area contributed by atoms with Crippen LogP contribution in [0.1, 0.15) is 18.5 Å². The molecular weight excluding hydrogens is 352 g/mol. The van der Waals surface area contributed by atoms with Crippen molar-refractivity contribution >= 4 is 16.8 Å². The van der Waals surface area contributed by atoms with Crippen LogP contribution in [-0.4, -0.2) is 29.0 Å². The van der Waals surface area contributed by atoms with E-state index in [1.165, 1.54) is 12.3 Å². The molecule has 1 atom stereocenters. The van der Waals surface area contributed by atoms with Gasteiger partial charge in [-0.25, -0.2) is 8.78 Å². The molecule has 0 spiro atoms. The summed E-state index contributed by atoms with van der Waals surface area (Å²) in [7, 11) is 0. The van der Waals surface area contributed by atoms with Gasteiger partial charge in [0, 0.05) is 42.2 Å². The Morgan fingerprint density at radius 1 is 1.19 bits per heavy atom. The minimum absolute atomic E-state index is 0.0362. The van der Waals surface area contributed by atoms with Crippen molar-refractivity contribution in [2.75, 3.05) is 13.2 Å². The van der Waals surface area contributed by atoms with Gasteiger partial charge < -0.3 is 10.1 Å². The number of carbonyl (C=O) groups excluding carboxylic acids is 1. The number of nitrogens with zero attached hydrogens (tertiary/aromatic N) is 2. The number of fused-ring (bicyclic) bond motifs is 1. The van der Waals surface area contributed by atoms with Crippen molar-refractivity contribution in [2.24, 2.45) is 5.92 Å². The first-order valence-electron chi connectivity index (χ1n) is 8.63. The molecule has 3 aromatic rings. The van der Waals surface area contributed by atoms with Crippen molar-refractivity contribution in [3.63, 3.8) is 0 Å². The van der Waals surface area contributed by atoms with Crippen LogP contribution in [0.25, 0.3) is 22.0 Å². The number of alkyl halides is 2. The lowest BCUT2D eigenvalue weighted by Gasteiger charge is -2.14. The van der Waals surface area contributed by atoms with Gasteiger partial charge in [-0.3, -0.25) is 14.8 Å². The van der Waals surface area contributed by atoms with Gasteiger partial charge in [-0.05, 0) is 35.9 Å². The van der Waals surface area contributed by atoms with Gasteiger partial charge in [0.1, 0.15) is 11.4 Å². The van der Waals surface area contributed by atoms with Gasteiger partial charge in [0.15, 0.2) is 0 Å². The van der Waals surface area contributed by atoms with Gasteiger partial charge in [0.05, 0.1) is 12.1 Å². The van der Waals surface area contributed by atoms with E-state index < -0.39 is 6.43 Å². The quantitative estimate of drug-likeness (QED) is 0.744. The Labute approximate surface area is 154 Å². The summed E-state index contributed by atoms with van der Waals surface area (Å²) in [6, 6.07) is 10.4. The van der Waals surface area contributed by atoms with Gasteiger partial charge in [-0.2, -0.15) is 0 Å². The molecule has 2 aromatic heterocycles. The SMILES string of the molecule is O=C1C[C@@H](COc2cc(-c3ccc(C(F)F)nc3)cc3ncccc23)CN1. The molecule has 1 saturated heterocycles. The predicted molar refractivity (Wildman–Crippen MR) is 96.5 cm³/mol. The average Bonchev–Trinajstić information content (AvgIpc) is 3.11. The van der Waals surface area contributed by atoms with E-state index in [1.54, 1.807) is 12.3 Å². The smallest absolute Gasteiger partial charge is 0.280 e. The number of aromatic nitrogens is 2. The zero-order valence-electron chi connectivity index (χ0n) is 14.4. The largest absolute Gasteiger partial charge is 0.492 e. The molecule has 27 heavy (non-hydrogen) atoms. The van der Waals surface area contributed by atoms with Crippen molar-refractivity contribution in [3.05, 3.63) is 54.5 Å². The fraction of sp³-hybridized carbons (Fsp3) is 0.250. The number of hydrogen-bond donors (Lipinski definition) is 1. The molecule has 3 heterocycles. The van der Waals surface area contributed by atoms with E-state index in [2.05, 4.69) is 15.3 Å². The number of carbonyl (C=O) groups is 1. The molecule has 7 heteroatoms. The first kappa shape index (κ1) is 17.3. The summed E-state index contributed by atoms with van der Waals surface area (Å²) in [6.45, 7) is 1.02. The Bertz CT molecular complexity index is 977. The van der Waals surface area contributed by atoms with E-state index in [0.29, 0.717) is 30.9 Å². The van der Waals surface area contributed by atoms with Gasteiger partial charge >= 0.3 is 0 Å². The molecule has 1 N–H and O–H groups in total. The summed E-state index contributed by atoms with van der Waals surface area (Å²) in [4.78, 5) is 19.6. The van der Waals surface area contributed by atoms with Crippen LogP contribution in [0.15, 0.2) is 48.8 Å². The van der Waals surface area contributed by atoms with Gasteiger partial charge in [0.25, 0.3) is 6.43 Å². The third-order valence-electron chi connectivity index (χ3n) is 4.56. The van der Waals surface area contributed by atoms with Crippen LogP contribution in [-0.2, 0) is 4.79 Å². The van der Waals surface area contributed by atoms with Crippen molar-refractivity contribution in [1.29, 1.82) is 0 Å².